The van der Waals surface area contributed by atoms with Crippen molar-refractivity contribution in [2.45, 2.75) is 25.7 Å². The van der Waals surface area contributed by atoms with Crippen LogP contribution in [0.4, 0.5) is 4.39 Å². The van der Waals surface area contributed by atoms with Crippen LogP contribution in [0.1, 0.15) is 24.8 Å². The highest BCUT2D eigenvalue weighted by molar-refractivity contribution is 5.80. The molecule has 2 aromatic rings. The number of aryl methyl sites for hydroxylation is 1. The van der Waals surface area contributed by atoms with Gasteiger partial charge < -0.3 is 15.0 Å². The van der Waals surface area contributed by atoms with E-state index in [9.17, 15) is 14.0 Å². The van der Waals surface area contributed by atoms with E-state index in [0.29, 0.717) is 51.3 Å². The Morgan fingerprint density at radius 2 is 1.72 bits per heavy atom. The lowest BCUT2D eigenvalue weighted by Crippen LogP contribution is -2.43. The molecule has 154 valence electrons. The van der Waals surface area contributed by atoms with Crippen LogP contribution in [-0.4, -0.2) is 43.0 Å². The van der Waals surface area contributed by atoms with Crippen LogP contribution in [-0.2, 0) is 16.0 Å². The summed E-state index contributed by atoms with van der Waals surface area (Å²) >= 11 is 0. The topological polar surface area (TPSA) is 58.6 Å². The minimum absolute atomic E-state index is 0.00379. The van der Waals surface area contributed by atoms with E-state index >= 15 is 0 Å². The van der Waals surface area contributed by atoms with E-state index < -0.39 is 0 Å². The van der Waals surface area contributed by atoms with Gasteiger partial charge in [-0.05, 0) is 49.1 Å². The van der Waals surface area contributed by atoms with Crippen molar-refractivity contribution in [1.82, 2.24) is 10.2 Å². The number of likely N-dealkylation sites (tertiary alicyclic amines) is 1. The maximum Gasteiger partial charge on any atom is 0.223 e. The van der Waals surface area contributed by atoms with Crippen LogP contribution in [0.5, 0.6) is 5.75 Å². The number of carbonyl (C=O) groups is 2. The average molecular weight is 398 g/mol. The number of ether oxygens (including phenoxy) is 1. The highest BCUT2D eigenvalue weighted by Gasteiger charge is 2.26. The first-order valence-corrected chi connectivity index (χ1v) is 10.1. The Morgan fingerprint density at radius 3 is 2.41 bits per heavy atom. The third-order valence-electron chi connectivity index (χ3n) is 5.17. The number of carbonyl (C=O) groups excluding carboxylic acids is 2. The van der Waals surface area contributed by atoms with Crippen LogP contribution in [0.3, 0.4) is 0 Å². The van der Waals surface area contributed by atoms with E-state index in [2.05, 4.69) is 5.32 Å². The minimum Gasteiger partial charge on any atom is -0.492 e. The first kappa shape index (κ1) is 20.8. The van der Waals surface area contributed by atoms with E-state index in [4.69, 9.17) is 4.74 Å². The molecule has 0 aliphatic carbocycles. The number of nitrogens with one attached hydrogen (secondary N) is 1. The quantitative estimate of drug-likeness (QED) is 0.695. The highest BCUT2D eigenvalue weighted by atomic mass is 19.1. The lowest BCUT2D eigenvalue weighted by Gasteiger charge is -2.31. The summed E-state index contributed by atoms with van der Waals surface area (Å²) < 4.78 is 18.3. The zero-order valence-electron chi connectivity index (χ0n) is 16.5. The smallest absolute Gasteiger partial charge is 0.223 e. The molecule has 29 heavy (non-hydrogen) atoms. The number of rotatable bonds is 8. The molecule has 3 rings (SSSR count). The van der Waals surface area contributed by atoms with Crippen molar-refractivity contribution in [3.63, 3.8) is 0 Å². The fourth-order valence-electron chi connectivity index (χ4n) is 3.46. The molecule has 5 nitrogen and oxygen atoms in total. The summed E-state index contributed by atoms with van der Waals surface area (Å²) in [5, 5.41) is 2.88. The van der Waals surface area contributed by atoms with E-state index in [-0.39, 0.29) is 23.5 Å². The molecule has 2 amide bonds. The van der Waals surface area contributed by atoms with Crippen molar-refractivity contribution >= 4 is 11.8 Å². The van der Waals surface area contributed by atoms with Crippen molar-refractivity contribution in [3.8, 4) is 5.75 Å². The van der Waals surface area contributed by atoms with E-state index in [1.54, 1.807) is 12.1 Å². The predicted molar refractivity (Wildman–Crippen MR) is 109 cm³/mol. The van der Waals surface area contributed by atoms with Crippen LogP contribution in [0.15, 0.2) is 54.6 Å². The van der Waals surface area contributed by atoms with Crippen molar-refractivity contribution < 1.29 is 18.7 Å². The third-order valence-corrected chi connectivity index (χ3v) is 5.17. The number of halogens is 1. The maximum atomic E-state index is 12.8. The van der Waals surface area contributed by atoms with Gasteiger partial charge >= 0.3 is 0 Å². The fourth-order valence-corrected chi connectivity index (χ4v) is 3.46. The Morgan fingerprint density at radius 1 is 1.03 bits per heavy atom. The van der Waals surface area contributed by atoms with Gasteiger partial charge in [0.25, 0.3) is 0 Å². The maximum absolute atomic E-state index is 12.8. The second-order valence-corrected chi connectivity index (χ2v) is 7.23. The number of hydrogen-bond donors (Lipinski definition) is 1. The SMILES string of the molecule is O=C(NCCOc1ccc(F)cc1)C1CCN(C(=O)CCc2ccccc2)CC1. The highest BCUT2D eigenvalue weighted by Crippen LogP contribution is 2.18. The molecule has 1 N–H and O–H groups in total. The molecule has 1 saturated heterocycles. The largest absolute Gasteiger partial charge is 0.492 e. The number of nitrogens with zero attached hydrogens (tertiary/aromatic N) is 1. The molecule has 2 aromatic carbocycles. The second kappa shape index (κ2) is 10.6. The Kier molecular flexibility index (Phi) is 7.61. The number of benzene rings is 2. The van der Waals surface area contributed by atoms with Gasteiger partial charge in [0.15, 0.2) is 0 Å². The third kappa shape index (κ3) is 6.59. The van der Waals surface area contributed by atoms with Crippen molar-refractivity contribution in [1.29, 1.82) is 0 Å². The lowest BCUT2D eigenvalue weighted by molar-refractivity contribution is -0.135. The number of hydrogen-bond acceptors (Lipinski definition) is 3. The van der Waals surface area contributed by atoms with E-state index in [1.807, 2.05) is 35.2 Å². The number of amides is 2. The molecule has 1 heterocycles. The van der Waals surface area contributed by atoms with Gasteiger partial charge in [-0.1, -0.05) is 30.3 Å². The van der Waals surface area contributed by atoms with Crippen LogP contribution in [0.2, 0.25) is 0 Å². The zero-order chi connectivity index (χ0) is 20.5. The van der Waals surface area contributed by atoms with Gasteiger partial charge in [0, 0.05) is 25.4 Å². The first-order valence-electron chi connectivity index (χ1n) is 10.1. The van der Waals surface area contributed by atoms with Gasteiger partial charge in [-0.25, -0.2) is 4.39 Å². The Bertz CT molecular complexity index is 788. The van der Waals surface area contributed by atoms with Gasteiger partial charge in [0.2, 0.25) is 11.8 Å². The Balaban J connectivity index is 1.31. The summed E-state index contributed by atoms with van der Waals surface area (Å²) in [5.41, 5.74) is 1.16. The molecule has 0 spiro atoms. The Labute approximate surface area is 170 Å². The van der Waals surface area contributed by atoms with Crippen LogP contribution in [0.25, 0.3) is 0 Å². The lowest BCUT2D eigenvalue weighted by atomic mass is 9.95. The minimum atomic E-state index is -0.310. The molecular weight excluding hydrogens is 371 g/mol. The van der Waals surface area contributed by atoms with Gasteiger partial charge in [-0.2, -0.15) is 0 Å². The molecule has 1 aliphatic rings. The summed E-state index contributed by atoms with van der Waals surface area (Å²) in [6.07, 6.45) is 2.61. The van der Waals surface area contributed by atoms with Gasteiger partial charge in [-0.3, -0.25) is 9.59 Å². The fraction of sp³-hybridized carbons (Fsp3) is 0.391. The summed E-state index contributed by atoms with van der Waals surface area (Å²) in [6, 6.07) is 15.8. The molecule has 1 fully saturated rings. The van der Waals surface area contributed by atoms with Gasteiger partial charge in [-0.15, -0.1) is 0 Å². The van der Waals surface area contributed by atoms with Crippen molar-refractivity contribution in [2.24, 2.45) is 5.92 Å². The Hall–Kier alpha value is -2.89. The first-order chi connectivity index (χ1) is 14.1. The number of piperidine rings is 1. The normalized spacial score (nSPS) is 14.4. The van der Waals surface area contributed by atoms with Crippen molar-refractivity contribution in [2.75, 3.05) is 26.2 Å². The van der Waals surface area contributed by atoms with Gasteiger partial charge in [0.1, 0.15) is 18.2 Å². The molecule has 0 saturated carbocycles. The predicted octanol–water partition coefficient (Wildman–Crippen LogP) is 3.19. The van der Waals surface area contributed by atoms with E-state index in [1.165, 1.54) is 12.1 Å². The molecular formula is C23H27FN2O3. The molecule has 0 unspecified atom stereocenters. The van der Waals surface area contributed by atoms with Crippen LogP contribution >= 0.6 is 0 Å². The van der Waals surface area contributed by atoms with Crippen LogP contribution in [0, 0.1) is 11.7 Å². The van der Waals surface area contributed by atoms with Crippen molar-refractivity contribution in [3.05, 3.63) is 66.0 Å². The molecule has 0 radical (unpaired) electrons. The molecule has 0 atom stereocenters. The molecule has 1 aliphatic heterocycles. The summed E-state index contributed by atoms with van der Waals surface area (Å²) in [7, 11) is 0. The summed E-state index contributed by atoms with van der Waals surface area (Å²) in [5.74, 6) is 0.349. The van der Waals surface area contributed by atoms with E-state index in [0.717, 1.165) is 12.0 Å². The van der Waals surface area contributed by atoms with Gasteiger partial charge in [0.05, 0.1) is 6.54 Å². The molecule has 0 bridgehead atoms. The average Bonchev–Trinajstić information content (AvgIpc) is 2.77. The summed E-state index contributed by atoms with van der Waals surface area (Å²) in [4.78, 5) is 26.6. The summed E-state index contributed by atoms with van der Waals surface area (Å²) in [6.45, 7) is 1.97. The second-order valence-electron chi connectivity index (χ2n) is 7.23. The monoisotopic (exact) mass is 398 g/mol. The molecule has 0 aromatic heterocycles. The standard InChI is InChI=1S/C23H27FN2O3/c24-20-7-9-21(10-8-20)29-17-14-25-23(28)19-12-15-26(16-13-19)22(27)11-6-18-4-2-1-3-5-18/h1-5,7-10,19H,6,11-17H2,(H,25,28). The molecule has 6 heteroatoms. The zero-order valence-corrected chi connectivity index (χ0v) is 16.5. The van der Waals surface area contributed by atoms with Crippen LogP contribution < -0.4 is 10.1 Å².